The molecule has 2 N–H and O–H groups in total. The van der Waals surface area contributed by atoms with Gasteiger partial charge in [0, 0.05) is 44.0 Å². The highest BCUT2D eigenvalue weighted by Crippen LogP contribution is 2.28. The molecule has 0 saturated carbocycles. The first-order chi connectivity index (χ1) is 18.2. The molecule has 0 spiro atoms. The van der Waals surface area contributed by atoms with Gasteiger partial charge in [0.25, 0.3) is 5.91 Å². The Labute approximate surface area is 219 Å². The quantitative estimate of drug-likeness (QED) is 0.531. The lowest BCUT2D eigenvalue weighted by molar-refractivity contribution is -0.133. The fourth-order valence-electron chi connectivity index (χ4n) is 5.27. The van der Waals surface area contributed by atoms with Crippen LogP contribution in [0.2, 0.25) is 0 Å². The minimum atomic E-state index is -0.581. The molecule has 11 nitrogen and oxygen atoms in total. The smallest absolute Gasteiger partial charge is 0.417 e. The molecule has 3 aromatic rings. The summed E-state index contributed by atoms with van der Waals surface area (Å²) in [6, 6.07) is 8.72. The summed E-state index contributed by atoms with van der Waals surface area (Å²) in [5.74, 6) is -0.305. The van der Waals surface area contributed by atoms with E-state index in [2.05, 4.69) is 10.3 Å². The number of piperidine rings is 1. The van der Waals surface area contributed by atoms with Crippen LogP contribution < -0.4 is 15.8 Å². The molecule has 38 heavy (non-hydrogen) atoms. The van der Waals surface area contributed by atoms with Crippen molar-refractivity contribution in [3.63, 3.8) is 0 Å². The molecule has 0 radical (unpaired) electrons. The molecule has 0 aliphatic carbocycles. The number of hydrogen-bond donors (Lipinski definition) is 2. The number of likely N-dealkylation sites (N-methyl/N-ethyl adjacent to an activating group) is 1. The second-order valence-electron chi connectivity index (χ2n) is 9.85. The van der Waals surface area contributed by atoms with Crippen LogP contribution in [0.3, 0.4) is 0 Å². The number of aromatic nitrogens is 1. The first kappa shape index (κ1) is 25.4. The van der Waals surface area contributed by atoms with Gasteiger partial charge in [0.05, 0.1) is 19.2 Å². The zero-order valence-electron chi connectivity index (χ0n) is 21.7. The molecule has 2 aromatic carbocycles. The summed E-state index contributed by atoms with van der Waals surface area (Å²) >= 11 is 0. The average Bonchev–Trinajstić information content (AvgIpc) is 3.21. The van der Waals surface area contributed by atoms with Gasteiger partial charge in [-0.1, -0.05) is 0 Å². The van der Waals surface area contributed by atoms with Gasteiger partial charge in [-0.2, -0.15) is 0 Å². The second kappa shape index (κ2) is 10.2. The molecule has 5 rings (SSSR count). The number of carbonyl (C=O) groups is 3. The minimum Gasteiger partial charge on any atom is -0.497 e. The van der Waals surface area contributed by atoms with Crippen molar-refractivity contribution in [1.29, 1.82) is 0 Å². The predicted octanol–water partition coefficient (Wildman–Crippen LogP) is 2.59. The Morgan fingerprint density at radius 2 is 1.89 bits per heavy atom. The first-order valence-electron chi connectivity index (χ1n) is 12.6. The molecule has 1 saturated heterocycles. The number of methoxy groups -OCH3 is 1. The van der Waals surface area contributed by atoms with Crippen LogP contribution in [-0.4, -0.2) is 83.9 Å². The molecule has 0 atom stereocenters. The molecule has 11 heteroatoms. The number of benzene rings is 2. The standard InChI is InChI=1S/C27H31N5O6/c1-16-12-18(14-22-24(16)29-27(36)38-22)25(34)30(2)15-23(33)31-9-7-19(8-10-31)32-11-6-17-13-20(37-3)4-5-21(17)28-26(32)35/h4-5,12-14,19H,6-11,15H2,1-3H3,(H,28,35)(H,29,36). The van der Waals surface area contributed by atoms with Crippen molar-refractivity contribution >= 4 is 34.6 Å². The van der Waals surface area contributed by atoms with E-state index in [0.29, 0.717) is 54.7 Å². The highest BCUT2D eigenvalue weighted by atomic mass is 16.5. The maximum absolute atomic E-state index is 13.0. The lowest BCUT2D eigenvalue weighted by atomic mass is 10.0. The molecule has 2 aliphatic heterocycles. The van der Waals surface area contributed by atoms with E-state index in [1.807, 2.05) is 23.1 Å². The summed E-state index contributed by atoms with van der Waals surface area (Å²) in [6.07, 6.45) is 2.05. The summed E-state index contributed by atoms with van der Waals surface area (Å²) in [4.78, 5) is 58.0. The molecule has 1 fully saturated rings. The number of nitrogens with one attached hydrogen (secondary N) is 2. The van der Waals surface area contributed by atoms with Crippen molar-refractivity contribution in [3.8, 4) is 5.75 Å². The maximum atomic E-state index is 13.0. The van der Waals surface area contributed by atoms with E-state index in [-0.39, 0.29) is 30.4 Å². The van der Waals surface area contributed by atoms with E-state index in [4.69, 9.17) is 9.15 Å². The number of fused-ring (bicyclic) bond motifs is 2. The number of hydrogen-bond acceptors (Lipinski definition) is 6. The number of likely N-dealkylation sites (tertiary alicyclic amines) is 1. The van der Waals surface area contributed by atoms with Crippen LogP contribution in [0.25, 0.3) is 11.1 Å². The number of urea groups is 1. The number of oxazole rings is 1. The Hall–Kier alpha value is -4.28. The third-order valence-electron chi connectivity index (χ3n) is 7.39. The fraction of sp³-hybridized carbons (Fsp3) is 0.407. The molecule has 1 aromatic heterocycles. The van der Waals surface area contributed by atoms with Crippen molar-refractivity contribution in [2.24, 2.45) is 0 Å². The molecular formula is C27H31N5O6. The number of aromatic amines is 1. The number of nitrogens with zero attached hydrogens (tertiary/aromatic N) is 3. The highest BCUT2D eigenvalue weighted by Gasteiger charge is 2.32. The lowest BCUT2D eigenvalue weighted by Gasteiger charge is -2.38. The monoisotopic (exact) mass is 521 g/mol. The van der Waals surface area contributed by atoms with E-state index in [9.17, 15) is 19.2 Å². The van der Waals surface area contributed by atoms with Crippen molar-refractivity contribution in [3.05, 3.63) is 57.6 Å². The Bertz CT molecular complexity index is 1450. The average molecular weight is 522 g/mol. The zero-order chi connectivity index (χ0) is 27.0. The van der Waals surface area contributed by atoms with Gasteiger partial charge >= 0.3 is 11.8 Å². The second-order valence-corrected chi connectivity index (χ2v) is 9.85. The Morgan fingerprint density at radius 1 is 1.13 bits per heavy atom. The van der Waals surface area contributed by atoms with Crippen LogP contribution >= 0.6 is 0 Å². The molecule has 0 unspecified atom stereocenters. The van der Waals surface area contributed by atoms with Crippen molar-refractivity contribution in [2.75, 3.05) is 45.7 Å². The SMILES string of the molecule is COc1ccc2c(c1)CCN(C1CCN(C(=O)CN(C)C(=O)c3cc(C)c4[nH]c(=O)oc4c3)CC1)C(=O)N2. The van der Waals surface area contributed by atoms with Gasteiger partial charge in [0.1, 0.15) is 5.75 Å². The molecule has 0 bridgehead atoms. The van der Waals surface area contributed by atoms with Gasteiger partial charge in [0.15, 0.2) is 5.58 Å². The predicted molar refractivity (Wildman–Crippen MR) is 141 cm³/mol. The normalized spacial score (nSPS) is 16.1. The number of H-pyrrole nitrogens is 1. The number of anilines is 1. The van der Waals surface area contributed by atoms with E-state index in [1.54, 1.807) is 32.0 Å². The molecule has 2 aliphatic rings. The summed E-state index contributed by atoms with van der Waals surface area (Å²) < 4.78 is 10.4. The number of rotatable bonds is 5. The van der Waals surface area contributed by atoms with E-state index in [0.717, 1.165) is 23.4 Å². The Balaban J connectivity index is 1.17. The van der Waals surface area contributed by atoms with Gasteiger partial charge < -0.3 is 29.2 Å². The van der Waals surface area contributed by atoms with Crippen LogP contribution in [0, 0.1) is 6.92 Å². The van der Waals surface area contributed by atoms with Crippen molar-refractivity contribution in [1.82, 2.24) is 19.7 Å². The van der Waals surface area contributed by atoms with Crippen LogP contribution in [0.15, 0.2) is 39.5 Å². The van der Waals surface area contributed by atoms with Crippen LogP contribution in [0.5, 0.6) is 5.75 Å². The van der Waals surface area contributed by atoms with Gasteiger partial charge in [-0.15, -0.1) is 0 Å². The van der Waals surface area contributed by atoms with Gasteiger partial charge in [-0.25, -0.2) is 9.59 Å². The topological polar surface area (TPSA) is 128 Å². The van der Waals surface area contributed by atoms with Gasteiger partial charge in [-0.3, -0.25) is 14.6 Å². The first-order valence-corrected chi connectivity index (χ1v) is 12.6. The maximum Gasteiger partial charge on any atom is 0.417 e. The van der Waals surface area contributed by atoms with Crippen LogP contribution in [0.4, 0.5) is 10.5 Å². The zero-order valence-corrected chi connectivity index (χ0v) is 21.7. The fourth-order valence-corrected chi connectivity index (χ4v) is 5.27. The number of carbonyl (C=O) groups excluding carboxylic acids is 3. The summed E-state index contributed by atoms with van der Waals surface area (Å²) in [6.45, 7) is 3.32. The van der Waals surface area contributed by atoms with Crippen molar-refractivity contribution in [2.45, 2.75) is 32.2 Å². The van der Waals surface area contributed by atoms with Gasteiger partial charge in [-0.05, 0) is 67.6 Å². The van der Waals surface area contributed by atoms with Crippen LogP contribution in [0.1, 0.15) is 34.3 Å². The van der Waals surface area contributed by atoms with Gasteiger partial charge in [0.2, 0.25) is 5.91 Å². The number of ether oxygens (including phenoxy) is 1. The highest BCUT2D eigenvalue weighted by molar-refractivity contribution is 5.99. The van der Waals surface area contributed by atoms with Crippen LogP contribution in [-0.2, 0) is 11.2 Å². The van der Waals surface area contributed by atoms with E-state index >= 15 is 0 Å². The molecule has 3 heterocycles. The van der Waals surface area contributed by atoms with Crippen molar-refractivity contribution < 1.29 is 23.5 Å². The number of aryl methyl sites for hydroxylation is 1. The van der Waals surface area contributed by atoms with E-state index in [1.165, 1.54) is 11.0 Å². The third-order valence-corrected chi connectivity index (χ3v) is 7.39. The lowest BCUT2D eigenvalue weighted by Crippen LogP contribution is -2.51. The summed E-state index contributed by atoms with van der Waals surface area (Å²) in [5, 5.41) is 3.01. The third kappa shape index (κ3) is 4.96. The summed E-state index contributed by atoms with van der Waals surface area (Å²) in [7, 11) is 3.20. The Morgan fingerprint density at radius 3 is 2.63 bits per heavy atom. The number of amides is 4. The largest absolute Gasteiger partial charge is 0.497 e. The molecule has 200 valence electrons. The minimum absolute atomic E-state index is 0.0281. The molecular weight excluding hydrogens is 490 g/mol. The summed E-state index contributed by atoms with van der Waals surface area (Å²) in [5.41, 5.74) is 3.74. The molecule has 4 amide bonds. The van der Waals surface area contributed by atoms with E-state index < -0.39 is 5.76 Å². The Kier molecular flexibility index (Phi) is 6.83.